The van der Waals surface area contributed by atoms with Crippen molar-refractivity contribution in [1.82, 2.24) is 24.6 Å². The van der Waals surface area contributed by atoms with Gasteiger partial charge < -0.3 is 9.64 Å². The highest BCUT2D eigenvalue weighted by Gasteiger charge is 2.28. The second-order valence-corrected chi connectivity index (χ2v) is 11.0. The molecule has 182 valence electrons. The molecule has 3 aromatic rings. The van der Waals surface area contributed by atoms with E-state index in [-0.39, 0.29) is 11.4 Å². The molecule has 0 radical (unpaired) electrons. The minimum absolute atomic E-state index is 0.0278. The van der Waals surface area contributed by atoms with Gasteiger partial charge in [0, 0.05) is 49.4 Å². The van der Waals surface area contributed by atoms with E-state index in [2.05, 4.69) is 44.9 Å². The lowest BCUT2D eigenvalue weighted by molar-refractivity contribution is 0.0620. The Bertz CT molecular complexity index is 1120. The normalized spacial score (nSPS) is 15.2. The fourth-order valence-electron chi connectivity index (χ4n) is 4.19. The van der Waals surface area contributed by atoms with Crippen LogP contribution in [0, 0.1) is 0 Å². The minimum Gasteiger partial charge on any atom is -0.497 e. The van der Waals surface area contributed by atoms with Crippen molar-refractivity contribution in [3.05, 3.63) is 52.8 Å². The Morgan fingerprint density at radius 3 is 2.35 bits per heavy atom. The Labute approximate surface area is 206 Å². The summed E-state index contributed by atoms with van der Waals surface area (Å²) in [5, 5.41) is 7.85. The van der Waals surface area contributed by atoms with Crippen LogP contribution in [0.1, 0.15) is 62.4 Å². The summed E-state index contributed by atoms with van der Waals surface area (Å²) in [4.78, 5) is 22.3. The molecule has 0 unspecified atom stereocenters. The zero-order chi connectivity index (χ0) is 24.5. The first-order valence-corrected chi connectivity index (χ1v) is 12.7. The van der Waals surface area contributed by atoms with Crippen molar-refractivity contribution >= 4 is 17.2 Å². The highest BCUT2D eigenvalue weighted by atomic mass is 32.1. The molecule has 0 N–H and O–H groups in total. The molecule has 34 heavy (non-hydrogen) atoms. The smallest absolute Gasteiger partial charge is 0.274 e. The SMILES string of the molecule is COc1ccc(-c2nc(CN3CCN(C(=O)c4cc(C(C)C)n(C(C)(C)C)n4)CC3)cs2)cc1. The maximum Gasteiger partial charge on any atom is 0.274 e. The molecule has 1 fully saturated rings. The predicted octanol–water partition coefficient (Wildman–Crippen LogP) is 4.85. The van der Waals surface area contributed by atoms with Crippen LogP contribution in [0.3, 0.4) is 0 Å². The first-order valence-electron chi connectivity index (χ1n) is 11.9. The number of benzene rings is 1. The van der Waals surface area contributed by atoms with Crippen LogP contribution < -0.4 is 4.74 Å². The Balaban J connectivity index is 1.36. The summed E-state index contributed by atoms with van der Waals surface area (Å²) < 4.78 is 7.24. The number of carbonyl (C=O) groups excluding carboxylic acids is 1. The van der Waals surface area contributed by atoms with Crippen molar-refractivity contribution in [3.63, 3.8) is 0 Å². The summed E-state index contributed by atoms with van der Waals surface area (Å²) in [5.74, 6) is 1.18. The average Bonchev–Trinajstić information content (AvgIpc) is 3.47. The van der Waals surface area contributed by atoms with E-state index in [0.717, 1.165) is 47.3 Å². The second kappa shape index (κ2) is 9.88. The highest BCUT2D eigenvalue weighted by molar-refractivity contribution is 7.13. The zero-order valence-electron chi connectivity index (χ0n) is 21.0. The molecule has 4 rings (SSSR count). The summed E-state index contributed by atoms with van der Waals surface area (Å²) in [7, 11) is 1.67. The fourth-order valence-corrected chi connectivity index (χ4v) is 5.01. The second-order valence-electron chi connectivity index (χ2n) is 10.1. The number of hydrogen-bond acceptors (Lipinski definition) is 6. The van der Waals surface area contributed by atoms with E-state index < -0.39 is 0 Å². The standard InChI is InChI=1S/C26H35N5O2S/c1-18(2)23-15-22(28-31(23)26(3,4)5)25(32)30-13-11-29(12-14-30)16-20-17-34-24(27-20)19-7-9-21(33-6)10-8-19/h7-10,15,17-18H,11-14,16H2,1-6H3. The third-order valence-electron chi connectivity index (χ3n) is 6.12. The van der Waals surface area contributed by atoms with E-state index >= 15 is 0 Å². The molecule has 7 nitrogen and oxygen atoms in total. The third-order valence-corrected chi connectivity index (χ3v) is 7.06. The van der Waals surface area contributed by atoms with Gasteiger partial charge in [-0.1, -0.05) is 13.8 Å². The molecular weight excluding hydrogens is 446 g/mol. The van der Waals surface area contributed by atoms with Gasteiger partial charge in [0.1, 0.15) is 10.8 Å². The van der Waals surface area contributed by atoms with Gasteiger partial charge in [0.25, 0.3) is 5.91 Å². The monoisotopic (exact) mass is 481 g/mol. The number of methoxy groups -OCH3 is 1. The van der Waals surface area contributed by atoms with Crippen LogP contribution in [-0.2, 0) is 12.1 Å². The fraction of sp³-hybridized carbons (Fsp3) is 0.500. The number of thiazole rings is 1. The number of piperazine rings is 1. The predicted molar refractivity (Wildman–Crippen MR) is 137 cm³/mol. The van der Waals surface area contributed by atoms with Crippen molar-refractivity contribution < 1.29 is 9.53 Å². The Kier molecular flexibility index (Phi) is 7.09. The number of rotatable bonds is 6. The number of nitrogens with zero attached hydrogens (tertiary/aromatic N) is 5. The number of carbonyl (C=O) groups is 1. The van der Waals surface area contributed by atoms with Gasteiger partial charge in [0.05, 0.1) is 18.3 Å². The summed E-state index contributed by atoms with van der Waals surface area (Å²) in [6, 6.07) is 9.97. The van der Waals surface area contributed by atoms with Gasteiger partial charge in [0.15, 0.2) is 5.69 Å². The zero-order valence-corrected chi connectivity index (χ0v) is 21.9. The first kappa shape index (κ1) is 24.4. The molecule has 3 heterocycles. The van der Waals surface area contributed by atoms with Crippen molar-refractivity contribution in [2.24, 2.45) is 0 Å². The van der Waals surface area contributed by atoms with Crippen molar-refractivity contribution in [3.8, 4) is 16.3 Å². The van der Waals surface area contributed by atoms with E-state index in [1.807, 2.05) is 39.9 Å². The lowest BCUT2D eigenvalue weighted by Gasteiger charge is -2.34. The van der Waals surface area contributed by atoms with Gasteiger partial charge in [-0.2, -0.15) is 5.10 Å². The molecule has 1 saturated heterocycles. The molecule has 1 aromatic carbocycles. The molecule has 0 bridgehead atoms. The summed E-state index contributed by atoms with van der Waals surface area (Å²) >= 11 is 1.66. The number of aromatic nitrogens is 3. The van der Waals surface area contributed by atoms with Crippen LogP contribution in [-0.4, -0.2) is 63.8 Å². The van der Waals surface area contributed by atoms with Crippen LogP contribution in [0.4, 0.5) is 0 Å². The van der Waals surface area contributed by atoms with Crippen molar-refractivity contribution in [2.75, 3.05) is 33.3 Å². The van der Waals surface area contributed by atoms with Crippen molar-refractivity contribution in [1.29, 1.82) is 0 Å². The molecule has 1 aliphatic heterocycles. The molecular formula is C26H35N5O2S. The molecule has 0 spiro atoms. The van der Waals surface area contributed by atoms with Gasteiger partial charge in [-0.15, -0.1) is 11.3 Å². The first-order chi connectivity index (χ1) is 16.2. The number of amides is 1. The van der Waals surface area contributed by atoms with Gasteiger partial charge in [-0.05, 0) is 57.0 Å². The lowest BCUT2D eigenvalue weighted by Crippen LogP contribution is -2.48. The topological polar surface area (TPSA) is 63.5 Å². The summed E-state index contributed by atoms with van der Waals surface area (Å²) in [6.45, 7) is 14.5. The molecule has 0 aliphatic carbocycles. The lowest BCUT2D eigenvalue weighted by atomic mass is 10.1. The minimum atomic E-state index is -0.158. The average molecular weight is 482 g/mol. The molecule has 8 heteroatoms. The number of ether oxygens (including phenoxy) is 1. The van der Waals surface area contributed by atoms with Crippen LogP contribution in [0.2, 0.25) is 0 Å². The Morgan fingerprint density at radius 2 is 1.79 bits per heavy atom. The quantitative estimate of drug-likeness (QED) is 0.504. The van der Waals surface area contributed by atoms with Crippen LogP contribution >= 0.6 is 11.3 Å². The third kappa shape index (κ3) is 5.33. The summed E-state index contributed by atoms with van der Waals surface area (Å²) in [5.41, 5.74) is 3.67. The van der Waals surface area contributed by atoms with Gasteiger partial charge in [0.2, 0.25) is 0 Å². The maximum atomic E-state index is 13.2. The van der Waals surface area contributed by atoms with E-state index in [1.54, 1.807) is 18.4 Å². The van der Waals surface area contributed by atoms with Crippen LogP contribution in [0.5, 0.6) is 5.75 Å². The highest BCUT2D eigenvalue weighted by Crippen LogP contribution is 2.27. The van der Waals surface area contributed by atoms with E-state index in [1.165, 1.54) is 0 Å². The molecule has 2 aromatic heterocycles. The Hall–Kier alpha value is -2.71. The Morgan fingerprint density at radius 1 is 1.12 bits per heavy atom. The van der Waals surface area contributed by atoms with Gasteiger partial charge in [-0.3, -0.25) is 14.4 Å². The number of hydrogen-bond donors (Lipinski definition) is 0. The summed E-state index contributed by atoms with van der Waals surface area (Å²) in [6.07, 6.45) is 0. The maximum absolute atomic E-state index is 13.2. The molecule has 0 atom stereocenters. The van der Waals surface area contributed by atoms with Gasteiger partial charge in [-0.25, -0.2) is 4.98 Å². The molecule has 0 saturated carbocycles. The van der Waals surface area contributed by atoms with Crippen LogP contribution in [0.15, 0.2) is 35.7 Å². The van der Waals surface area contributed by atoms with E-state index in [4.69, 9.17) is 14.8 Å². The van der Waals surface area contributed by atoms with Crippen molar-refractivity contribution in [2.45, 2.75) is 52.6 Å². The largest absolute Gasteiger partial charge is 0.497 e. The van der Waals surface area contributed by atoms with E-state index in [9.17, 15) is 4.79 Å². The van der Waals surface area contributed by atoms with E-state index in [0.29, 0.717) is 24.7 Å². The van der Waals surface area contributed by atoms with Crippen LogP contribution in [0.25, 0.3) is 10.6 Å². The molecule has 1 amide bonds. The van der Waals surface area contributed by atoms with Gasteiger partial charge >= 0.3 is 0 Å². The molecule has 1 aliphatic rings.